The highest BCUT2D eigenvalue weighted by Gasteiger charge is 2.26. The molecule has 3 rings (SSSR count). The fourth-order valence-corrected chi connectivity index (χ4v) is 3.78. The number of hydrogen-bond donors (Lipinski definition) is 0. The van der Waals surface area contributed by atoms with Crippen LogP contribution in [0.15, 0.2) is 6.07 Å². The molecule has 6 heteroatoms. The van der Waals surface area contributed by atoms with Crippen LogP contribution in [0.25, 0.3) is 0 Å². The molecule has 2 saturated heterocycles. The fraction of sp³-hybridized carbons (Fsp3) is 0.800. The van der Waals surface area contributed by atoms with E-state index in [9.17, 15) is 0 Å². The summed E-state index contributed by atoms with van der Waals surface area (Å²) in [7, 11) is 1.72. The minimum Gasteiger partial charge on any atom is -0.381 e. The molecule has 2 aliphatic heterocycles. The van der Waals surface area contributed by atoms with Gasteiger partial charge >= 0.3 is 0 Å². The number of rotatable bonds is 4. The molecule has 0 saturated carbocycles. The summed E-state index contributed by atoms with van der Waals surface area (Å²) in [5.41, 5.74) is 0.895. The Kier molecular flexibility index (Phi) is 6.48. The second-order valence-corrected chi connectivity index (χ2v) is 8.44. The van der Waals surface area contributed by atoms with Crippen LogP contribution >= 0.6 is 0 Å². The molecule has 0 aliphatic carbocycles. The Bertz CT molecular complexity index is 582. The second-order valence-electron chi connectivity index (χ2n) is 8.44. The van der Waals surface area contributed by atoms with E-state index in [4.69, 9.17) is 19.4 Å². The first kappa shape index (κ1) is 19.5. The average molecular weight is 363 g/mol. The first-order chi connectivity index (χ1) is 12.5. The van der Waals surface area contributed by atoms with E-state index >= 15 is 0 Å². The van der Waals surface area contributed by atoms with Gasteiger partial charge in [0, 0.05) is 64.0 Å². The highest BCUT2D eigenvalue weighted by Crippen LogP contribution is 2.24. The number of aromatic nitrogens is 2. The van der Waals surface area contributed by atoms with Gasteiger partial charge in [0.1, 0.15) is 11.6 Å². The smallest absolute Gasteiger partial charge is 0.136 e. The standard InChI is InChI=1S/C20H34N4O2/c1-20(2,3)19-21-16(15-25-4)14-18(22-19)24-9-5-8-23(10-11-24)17-6-12-26-13-7-17/h14,17H,5-13,15H2,1-4H3. The third-order valence-electron chi connectivity index (χ3n) is 5.29. The predicted octanol–water partition coefficient (Wildman–Crippen LogP) is 2.61. The largest absolute Gasteiger partial charge is 0.381 e. The van der Waals surface area contributed by atoms with Gasteiger partial charge in [-0.15, -0.1) is 0 Å². The molecule has 6 nitrogen and oxygen atoms in total. The van der Waals surface area contributed by atoms with Crippen molar-refractivity contribution in [2.45, 2.75) is 58.1 Å². The summed E-state index contributed by atoms with van der Waals surface area (Å²) in [6.07, 6.45) is 3.51. The van der Waals surface area contributed by atoms with Crippen molar-refractivity contribution in [3.05, 3.63) is 17.6 Å². The van der Waals surface area contributed by atoms with Crippen molar-refractivity contribution in [3.8, 4) is 0 Å². The molecule has 2 fully saturated rings. The average Bonchev–Trinajstić information content (AvgIpc) is 2.88. The third kappa shape index (κ3) is 4.93. The van der Waals surface area contributed by atoms with Crippen molar-refractivity contribution in [2.24, 2.45) is 0 Å². The van der Waals surface area contributed by atoms with Gasteiger partial charge in [-0.05, 0) is 19.3 Å². The lowest BCUT2D eigenvalue weighted by atomic mass is 9.95. The lowest BCUT2D eigenvalue weighted by molar-refractivity contribution is 0.0365. The first-order valence-corrected chi connectivity index (χ1v) is 9.91. The molecular weight excluding hydrogens is 328 g/mol. The van der Waals surface area contributed by atoms with Crippen LogP contribution < -0.4 is 4.90 Å². The molecule has 2 aliphatic rings. The maximum atomic E-state index is 5.53. The fourth-order valence-electron chi connectivity index (χ4n) is 3.78. The Morgan fingerprint density at radius 2 is 1.88 bits per heavy atom. The van der Waals surface area contributed by atoms with Crippen LogP contribution in [0.5, 0.6) is 0 Å². The van der Waals surface area contributed by atoms with Crippen LogP contribution in [-0.4, -0.2) is 67.4 Å². The van der Waals surface area contributed by atoms with Crippen LogP contribution in [0.2, 0.25) is 0 Å². The maximum Gasteiger partial charge on any atom is 0.136 e. The van der Waals surface area contributed by atoms with E-state index in [2.05, 4.69) is 36.6 Å². The molecule has 0 amide bonds. The van der Waals surface area contributed by atoms with Gasteiger partial charge < -0.3 is 14.4 Å². The van der Waals surface area contributed by atoms with Gasteiger partial charge in [0.25, 0.3) is 0 Å². The zero-order chi connectivity index (χ0) is 18.6. The molecular formula is C20H34N4O2. The quantitative estimate of drug-likeness (QED) is 0.821. The molecule has 0 bridgehead atoms. The second kappa shape index (κ2) is 8.63. The van der Waals surface area contributed by atoms with Gasteiger partial charge in [-0.1, -0.05) is 20.8 Å². The van der Waals surface area contributed by atoms with Crippen LogP contribution in [0, 0.1) is 0 Å². The lowest BCUT2D eigenvalue weighted by Gasteiger charge is -2.33. The van der Waals surface area contributed by atoms with Crippen molar-refractivity contribution < 1.29 is 9.47 Å². The van der Waals surface area contributed by atoms with Crippen LogP contribution in [0.1, 0.15) is 51.6 Å². The lowest BCUT2D eigenvalue weighted by Crippen LogP contribution is -2.41. The number of anilines is 1. The maximum absolute atomic E-state index is 5.53. The van der Waals surface area contributed by atoms with Gasteiger partial charge in [-0.25, -0.2) is 9.97 Å². The first-order valence-electron chi connectivity index (χ1n) is 9.91. The Balaban J connectivity index is 1.74. The molecule has 26 heavy (non-hydrogen) atoms. The monoisotopic (exact) mass is 362 g/mol. The van der Waals surface area contributed by atoms with Crippen molar-refractivity contribution in [1.82, 2.24) is 14.9 Å². The summed E-state index contributed by atoms with van der Waals surface area (Å²) in [5.74, 6) is 1.94. The third-order valence-corrected chi connectivity index (χ3v) is 5.29. The summed E-state index contributed by atoms with van der Waals surface area (Å²) in [6, 6.07) is 2.78. The van der Waals surface area contributed by atoms with Gasteiger partial charge in [-0.2, -0.15) is 0 Å². The zero-order valence-electron chi connectivity index (χ0n) is 16.8. The summed E-state index contributed by atoms with van der Waals surface area (Å²) in [5, 5.41) is 0. The van der Waals surface area contributed by atoms with Gasteiger partial charge in [0.05, 0.1) is 12.3 Å². The summed E-state index contributed by atoms with van der Waals surface area (Å²) in [4.78, 5) is 14.7. The SMILES string of the molecule is COCc1cc(N2CCCN(C3CCOCC3)CC2)nc(C(C)(C)C)n1. The number of nitrogens with zero attached hydrogens (tertiary/aromatic N) is 4. The van der Waals surface area contributed by atoms with Gasteiger partial charge in [0.15, 0.2) is 0 Å². The molecule has 0 atom stereocenters. The molecule has 146 valence electrons. The van der Waals surface area contributed by atoms with E-state index in [1.54, 1.807) is 7.11 Å². The normalized spacial score (nSPS) is 21.0. The highest BCUT2D eigenvalue weighted by atomic mass is 16.5. The van der Waals surface area contributed by atoms with Crippen molar-refractivity contribution in [2.75, 3.05) is 51.4 Å². The summed E-state index contributed by atoms with van der Waals surface area (Å²) >= 11 is 0. The Hall–Kier alpha value is -1.24. The van der Waals surface area contributed by atoms with Crippen LogP contribution in [0.3, 0.4) is 0 Å². The summed E-state index contributed by atoms with van der Waals surface area (Å²) < 4.78 is 10.9. The van der Waals surface area contributed by atoms with E-state index in [0.717, 1.165) is 50.2 Å². The van der Waals surface area contributed by atoms with E-state index < -0.39 is 0 Å². The topological polar surface area (TPSA) is 50.7 Å². The minimum absolute atomic E-state index is 0.0709. The Labute approximate surface area is 157 Å². The van der Waals surface area contributed by atoms with Crippen molar-refractivity contribution in [1.29, 1.82) is 0 Å². The molecule has 0 spiro atoms. The molecule has 0 unspecified atom stereocenters. The van der Waals surface area contributed by atoms with Crippen molar-refractivity contribution in [3.63, 3.8) is 0 Å². The number of hydrogen-bond acceptors (Lipinski definition) is 6. The molecule has 0 radical (unpaired) electrons. The predicted molar refractivity (Wildman–Crippen MR) is 104 cm³/mol. The van der Waals surface area contributed by atoms with Gasteiger partial charge in [0.2, 0.25) is 0 Å². The highest BCUT2D eigenvalue weighted by molar-refractivity contribution is 5.41. The molecule has 0 N–H and O–H groups in total. The van der Waals surface area contributed by atoms with E-state index in [1.807, 2.05) is 0 Å². The molecule has 3 heterocycles. The zero-order valence-corrected chi connectivity index (χ0v) is 16.8. The molecule has 1 aromatic heterocycles. The summed E-state index contributed by atoms with van der Waals surface area (Å²) in [6.45, 7) is 13.2. The van der Waals surface area contributed by atoms with Crippen LogP contribution in [-0.2, 0) is 21.5 Å². The van der Waals surface area contributed by atoms with E-state index in [1.165, 1.54) is 25.8 Å². The number of ether oxygens (including phenoxy) is 2. The van der Waals surface area contributed by atoms with E-state index in [0.29, 0.717) is 12.6 Å². The number of methoxy groups -OCH3 is 1. The molecule has 1 aromatic rings. The van der Waals surface area contributed by atoms with E-state index in [-0.39, 0.29) is 5.41 Å². The van der Waals surface area contributed by atoms with Crippen LogP contribution in [0.4, 0.5) is 5.82 Å². The van der Waals surface area contributed by atoms with Gasteiger partial charge in [-0.3, -0.25) is 4.90 Å². The minimum atomic E-state index is -0.0709. The molecule has 0 aromatic carbocycles. The van der Waals surface area contributed by atoms with Crippen molar-refractivity contribution >= 4 is 5.82 Å². The Morgan fingerprint density at radius 1 is 1.12 bits per heavy atom. The Morgan fingerprint density at radius 3 is 2.58 bits per heavy atom.